The minimum absolute atomic E-state index is 0.233. The Hall–Kier alpha value is 0.420. The standard InChI is InChI=1S/C12H9BrClIS/c1-7-6-10(16-12(7)14)11(13)8-4-2-3-5-9(8)15/h2-6,11H,1H3. The number of hydrogen-bond acceptors (Lipinski definition) is 1. The molecular weight excluding hydrogens is 418 g/mol. The lowest BCUT2D eigenvalue weighted by atomic mass is 10.1. The first kappa shape index (κ1) is 12.9. The van der Waals surface area contributed by atoms with Crippen molar-refractivity contribution in [2.75, 3.05) is 0 Å². The van der Waals surface area contributed by atoms with Crippen LogP contribution in [0, 0.1) is 10.5 Å². The van der Waals surface area contributed by atoms with E-state index in [2.05, 4.69) is 68.9 Å². The largest absolute Gasteiger partial charge is 0.127 e. The van der Waals surface area contributed by atoms with Gasteiger partial charge in [-0.3, -0.25) is 0 Å². The van der Waals surface area contributed by atoms with Crippen LogP contribution in [0.2, 0.25) is 4.34 Å². The Kier molecular flexibility index (Phi) is 4.32. The molecule has 1 heterocycles. The summed E-state index contributed by atoms with van der Waals surface area (Å²) in [6.07, 6.45) is 0. The van der Waals surface area contributed by atoms with E-state index in [9.17, 15) is 0 Å². The summed E-state index contributed by atoms with van der Waals surface area (Å²) < 4.78 is 2.15. The molecule has 84 valence electrons. The van der Waals surface area contributed by atoms with Crippen molar-refractivity contribution >= 4 is 61.5 Å². The van der Waals surface area contributed by atoms with Crippen molar-refractivity contribution in [2.24, 2.45) is 0 Å². The van der Waals surface area contributed by atoms with Gasteiger partial charge in [0, 0.05) is 8.45 Å². The van der Waals surface area contributed by atoms with Crippen molar-refractivity contribution in [3.8, 4) is 0 Å². The van der Waals surface area contributed by atoms with E-state index >= 15 is 0 Å². The molecule has 0 aliphatic heterocycles. The summed E-state index contributed by atoms with van der Waals surface area (Å²) in [5.74, 6) is 0. The monoisotopic (exact) mass is 426 g/mol. The van der Waals surface area contributed by atoms with Crippen molar-refractivity contribution in [3.63, 3.8) is 0 Å². The number of hydrogen-bond donors (Lipinski definition) is 0. The molecule has 0 fully saturated rings. The minimum atomic E-state index is 0.233. The number of alkyl halides is 1. The number of halogens is 3. The zero-order chi connectivity index (χ0) is 11.7. The molecule has 0 bridgehead atoms. The third-order valence-corrected chi connectivity index (χ3v) is 6.20. The topological polar surface area (TPSA) is 0 Å². The van der Waals surface area contributed by atoms with Gasteiger partial charge in [0.1, 0.15) is 0 Å². The first-order valence-electron chi connectivity index (χ1n) is 4.74. The molecule has 1 unspecified atom stereocenters. The number of aryl methyl sites for hydroxylation is 1. The zero-order valence-electron chi connectivity index (χ0n) is 8.51. The van der Waals surface area contributed by atoms with Gasteiger partial charge in [0.25, 0.3) is 0 Å². The maximum absolute atomic E-state index is 6.10. The van der Waals surface area contributed by atoms with Crippen LogP contribution in [0.1, 0.15) is 20.8 Å². The molecule has 0 saturated heterocycles. The van der Waals surface area contributed by atoms with Gasteiger partial charge in [-0.2, -0.15) is 0 Å². The predicted molar refractivity (Wildman–Crippen MR) is 84.0 cm³/mol. The highest BCUT2D eigenvalue weighted by Crippen LogP contribution is 2.40. The lowest BCUT2D eigenvalue weighted by molar-refractivity contribution is 1.20. The Bertz CT molecular complexity index is 490. The van der Waals surface area contributed by atoms with Gasteiger partial charge < -0.3 is 0 Å². The SMILES string of the molecule is Cc1cc(C(Br)c2ccccc2I)sc1Cl. The van der Waals surface area contributed by atoms with Crippen molar-refractivity contribution in [2.45, 2.75) is 11.8 Å². The van der Waals surface area contributed by atoms with Crippen LogP contribution in [0.15, 0.2) is 30.3 Å². The number of rotatable bonds is 2. The molecule has 0 saturated carbocycles. The van der Waals surface area contributed by atoms with E-state index in [0.717, 1.165) is 9.90 Å². The smallest absolute Gasteiger partial charge is 0.0960 e. The summed E-state index contributed by atoms with van der Waals surface area (Å²) in [5.41, 5.74) is 2.44. The van der Waals surface area contributed by atoms with E-state index in [0.29, 0.717) is 0 Å². The Morgan fingerprint density at radius 3 is 2.62 bits per heavy atom. The van der Waals surface area contributed by atoms with Gasteiger partial charge in [-0.15, -0.1) is 11.3 Å². The second-order valence-corrected chi connectivity index (χ2v) is 7.25. The third-order valence-electron chi connectivity index (χ3n) is 2.30. The Morgan fingerprint density at radius 2 is 2.06 bits per heavy atom. The lowest BCUT2D eigenvalue weighted by Crippen LogP contribution is -1.92. The third kappa shape index (κ3) is 2.63. The van der Waals surface area contributed by atoms with E-state index in [-0.39, 0.29) is 4.83 Å². The van der Waals surface area contributed by atoms with E-state index < -0.39 is 0 Å². The maximum Gasteiger partial charge on any atom is 0.0960 e. The molecule has 0 aliphatic rings. The summed E-state index contributed by atoms with van der Waals surface area (Å²) in [4.78, 5) is 1.49. The van der Waals surface area contributed by atoms with Gasteiger partial charge in [-0.1, -0.05) is 45.7 Å². The van der Waals surface area contributed by atoms with Crippen LogP contribution in [0.25, 0.3) is 0 Å². The molecule has 0 spiro atoms. The summed E-state index contributed by atoms with van der Waals surface area (Å²) in [6.45, 7) is 2.04. The highest BCUT2D eigenvalue weighted by atomic mass is 127. The summed E-state index contributed by atoms with van der Waals surface area (Å²) in [7, 11) is 0. The Labute approximate surface area is 126 Å². The summed E-state index contributed by atoms with van der Waals surface area (Å²) >= 11 is 13.8. The molecule has 4 heteroatoms. The molecule has 1 aromatic heterocycles. The summed E-state index contributed by atoms with van der Waals surface area (Å²) in [6, 6.07) is 10.5. The first-order chi connectivity index (χ1) is 7.59. The van der Waals surface area contributed by atoms with Crippen LogP contribution >= 0.6 is 61.5 Å². The van der Waals surface area contributed by atoms with Gasteiger partial charge in [0.2, 0.25) is 0 Å². The number of benzene rings is 1. The molecule has 0 amide bonds. The Morgan fingerprint density at radius 1 is 1.38 bits per heavy atom. The van der Waals surface area contributed by atoms with Gasteiger partial charge in [-0.25, -0.2) is 0 Å². The van der Waals surface area contributed by atoms with Gasteiger partial charge in [-0.05, 0) is 52.8 Å². The fraction of sp³-hybridized carbons (Fsp3) is 0.167. The predicted octanol–water partition coefficient (Wildman–Crippen LogP) is 5.80. The molecule has 2 rings (SSSR count). The van der Waals surface area contributed by atoms with E-state index in [1.807, 2.05) is 6.92 Å². The van der Waals surface area contributed by atoms with Crippen LogP contribution in [-0.4, -0.2) is 0 Å². The molecule has 0 N–H and O–H groups in total. The van der Waals surface area contributed by atoms with Crippen LogP contribution < -0.4 is 0 Å². The van der Waals surface area contributed by atoms with Gasteiger partial charge in [0.15, 0.2) is 0 Å². The van der Waals surface area contributed by atoms with Crippen LogP contribution in [0.5, 0.6) is 0 Å². The minimum Gasteiger partial charge on any atom is -0.127 e. The van der Waals surface area contributed by atoms with Gasteiger partial charge >= 0.3 is 0 Å². The van der Waals surface area contributed by atoms with Crippen LogP contribution in [0.4, 0.5) is 0 Å². The first-order valence-corrected chi connectivity index (χ1v) is 7.93. The van der Waals surface area contributed by atoms with E-state index in [4.69, 9.17) is 11.6 Å². The molecular formula is C12H9BrClIS. The quantitative estimate of drug-likeness (QED) is 0.420. The number of thiophene rings is 1. The molecule has 2 aromatic rings. The highest BCUT2D eigenvalue weighted by Gasteiger charge is 2.16. The molecule has 1 aromatic carbocycles. The van der Waals surface area contributed by atoms with E-state index in [1.54, 1.807) is 11.3 Å². The molecule has 0 radical (unpaired) electrons. The highest BCUT2D eigenvalue weighted by molar-refractivity contribution is 14.1. The van der Waals surface area contributed by atoms with Crippen molar-refractivity contribution < 1.29 is 0 Å². The van der Waals surface area contributed by atoms with Crippen molar-refractivity contribution in [1.29, 1.82) is 0 Å². The van der Waals surface area contributed by atoms with E-state index in [1.165, 1.54) is 14.0 Å². The summed E-state index contributed by atoms with van der Waals surface area (Å²) in [5, 5.41) is 0. The van der Waals surface area contributed by atoms with Crippen LogP contribution in [0.3, 0.4) is 0 Å². The Balaban J connectivity index is 2.39. The molecule has 1 atom stereocenters. The molecule has 0 nitrogen and oxygen atoms in total. The zero-order valence-corrected chi connectivity index (χ0v) is 13.8. The molecule has 16 heavy (non-hydrogen) atoms. The van der Waals surface area contributed by atoms with Crippen molar-refractivity contribution in [1.82, 2.24) is 0 Å². The normalized spacial score (nSPS) is 12.8. The lowest BCUT2D eigenvalue weighted by Gasteiger charge is -2.09. The van der Waals surface area contributed by atoms with Crippen LogP contribution in [-0.2, 0) is 0 Å². The average Bonchev–Trinajstić information content (AvgIpc) is 2.59. The fourth-order valence-corrected chi connectivity index (χ4v) is 4.60. The fourth-order valence-electron chi connectivity index (χ4n) is 1.44. The second-order valence-electron chi connectivity index (χ2n) is 3.49. The average molecular weight is 428 g/mol. The second kappa shape index (κ2) is 5.38. The molecule has 0 aliphatic carbocycles. The van der Waals surface area contributed by atoms with Gasteiger partial charge in [0.05, 0.1) is 9.16 Å². The maximum atomic E-state index is 6.10. The van der Waals surface area contributed by atoms with Crippen molar-refractivity contribution in [3.05, 3.63) is 54.2 Å².